The molecule has 0 radical (unpaired) electrons. The summed E-state index contributed by atoms with van der Waals surface area (Å²) >= 11 is 0. The van der Waals surface area contributed by atoms with Crippen LogP contribution < -0.4 is 18.9 Å². The van der Waals surface area contributed by atoms with Crippen molar-refractivity contribution in [2.24, 2.45) is 0 Å². The van der Waals surface area contributed by atoms with E-state index in [0.717, 1.165) is 24.8 Å². The maximum atomic E-state index is 9.96. The van der Waals surface area contributed by atoms with Crippen molar-refractivity contribution >= 4 is 5.97 Å². The Morgan fingerprint density at radius 1 is 1.18 bits per heavy atom. The molecule has 0 aliphatic carbocycles. The van der Waals surface area contributed by atoms with Crippen LogP contribution in [0.1, 0.15) is 44.6 Å². The molecule has 2 nitrogen and oxygen atoms in total. The van der Waals surface area contributed by atoms with Crippen LogP contribution in [-0.4, -0.2) is 11.1 Å². The third-order valence-corrected chi connectivity index (χ3v) is 2.09. The summed E-state index contributed by atoms with van der Waals surface area (Å²) in [7, 11) is 0. The van der Waals surface area contributed by atoms with Crippen molar-refractivity contribution in [3.05, 3.63) is 42.8 Å². The average Bonchev–Trinajstić information content (AvgIpc) is 2.26. The summed E-state index contributed by atoms with van der Waals surface area (Å²) in [5.74, 6) is -0.675. The van der Waals surface area contributed by atoms with E-state index in [4.69, 9.17) is 5.11 Å². The molecule has 0 saturated carbocycles. The maximum absolute atomic E-state index is 9.96. The zero-order valence-electron chi connectivity index (χ0n) is 11.0. The van der Waals surface area contributed by atoms with Crippen LogP contribution in [-0.2, 0) is 4.79 Å². The summed E-state index contributed by atoms with van der Waals surface area (Å²) in [6.45, 7) is 5.83. The second-order valence-corrected chi connectivity index (χ2v) is 3.69. The monoisotopic (exact) mass is 228 g/mol. The predicted octanol–water partition coefficient (Wildman–Crippen LogP) is 0.914. The fraction of sp³-hybridized carbons (Fsp3) is 0.429. The van der Waals surface area contributed by atoms with Gasteiger partial charge in [-0.1, -0.05) is 32.3 Å². The largest absolute Gasteiger partial charge is 1.00 e. The standard InChI is InChI=1S/C7H14O2.C7H7.Li/c1-2-3-4-5-6-7(8)9;1-7-5-3-2-4-6-7;/h2-6H2,1H3,(H,8,9);2-6H,1H2;/q;-1;+1. The molecule has 1 aromatic carbocycles. The van der Waals surface area contributed by atoms with Gasteiger partial charge in [-0.3, -0.25) is 4.79 Å². The molecule has 0 unspecified atom stereocenters. The van der Waals surface area contributed by atoms with Gasteiger partial charge in [0.25, 0.3) is 0 Å². The summed E-state index contributed by atoms with van der Waals surface area (Å²) in [6.07, 6.45) is 4.55. The normalized spacial score (nSPS) is 8.53. The van der Waals surface area contributed by atoms with Gasteiger partial charge in [-0.2, -0.15) is 24.6 Å². The molecule has 0 atom stereocenters. The van der Waals surface area contributed by atoms with Gasteiger partial charge in [0, 0.05) is 6.42 Å². The molecule has 0 amide bonds. The summed E-state index contributed by atoms with van der Waals surface area (Å²) in [5.41, 5.74) is 1.07. The van der Waals surface area contributed by atoms with Crippen molar-refractivity contribution in [1.29, 1.82) is 0 Å². The third-order valence-electron chi connectivity index (χ3n) is 2.09. The van der Waals surface area contributed by atoms with Crippen molar-refractivity contribution in [2.45, 2.75) is 39.0 Å². The smallest absolute Gasteiger partial charge is 0.481 e. The molecule has 0 aromatic heterocycles. The van der Waals surface area contributed by atoms with E-state index in [1.54, 1.807) is 0 Å². The van der Waals surface area contributed by atoms with Gasteiger partial charge in [0.05, 0.1) is 0 Å². The molecule has 3 heteroatoms. The van der Waals surface area contributed by atoms with E-state index in [0.29, 0.717) is 6.42 Å². The first-order valence-electron chi connectivity index (χ1n) is 5.75. The van der Waals surface area contributed by atoms with Crippen LogP contribution in [0.5, 0.6) is 0 Å². The molecule has 90 valence electrons. The Morgan fingerprint density at radius 2 is 1.76 bits per heavy atom. The van der Waals surface area contributed by atoms with E-state index in [2.05, 4.69) is 13.8 Å². The van der Waals surface area contributed by atoms with E-state index < -0.39 is 5.97 Å². The molecule has 1 N–H and O–H groups in total. The molecule has 0 spiro atoms. The van der Waals surface area contributed by atoms with Gasteiger partial charge in [0.15, 0.2) is 0 Å². The molecular weight excluding hydrogens is 207 g/mol. The summed E-state index contributed by atoms with van der Waals surface area (Å²) in [6, 6.07) is 9.87. The Balaban J connectivity index is 0. The van der Waals surface area contributed by atoms with Crippen molar-refractivity contribution in [3.8, 4) is 0 Å². The average molecular weight is 228 g/mol. The minimum atomic E-state index is -0.675. The van der Waals surface area contributed by atoms with E-state index in [1.165, 1.54) is 6.42 Å². The second-order valence-electron chi connectivity index (χ2n) is 3.69. The number of carbonyl (C=O) groups is 1. The molecule has 0 aliphatic heterocycles. The quantitative estimate of drug-likeness (QED) is 0.462. The van der Waals surface area contributed by atoms with Crippen LogP contribution in [0.15, 0.2) is 30.3 Å². The molecule has 0 aliphatic rings. The molecule has 0 heterocycles. The Bertz CT molecular complexity index is 273. The van der Waals surface area contributed by atoms with Gasteiger partial charge in [0.2, 0.25) is 0 Å². The van der Waals surface area contributed by atoms with Crippen molar-refractivity contribution in [2.75, 3.05) is 0 Å². The fourth-order valence-electron chi connectivity index (χ4n) is 1.18. The Kier molecular flexibility index (Phi) is 14.4. The second kappa shape index (κ2) is 13.2. The molecule has 1 aromatic rings. The summed E-state index contributed by atoms with van der Waals surface area (Å²) < 4.78 is 0. The van der Waals surface area contributed by atoms with Crippen LogP contribution in [0.2, 0.25) is 0 Å². The van der Waals surface area contributed by atoms with Crippen LogP contribution in [0, 0.1) is 6.92 Å². The number of carboxylic acid groups (broad SMARTS) is 1. The van der Waals surface area contributed by atoms with Gasteiger partial charge in [0.1, 0.15) is 0 Å². The first-order chi connectivity index (χ1) is 7.66. The minimum Gasteiger partial charge on any atom is -0.481 e. The number of unbranched alkanes of at least 4 members (excludes halogenated alkanes) is 3. The van der Waals surface area contributed by atoms with E-state index in [9.17, 15) is 4.79 Å². The van der Waals surface area contributed by atoms with Gasteiger partial charge >= 0.3 is 24.8 Å². The molecule has 0 bridgehead atoms. The van der Waals surface area contributed by atoms with Crippen LogP contribution in [0.4, 0.5) is 0 Å². The van der Waals surface area contributed by atoms with Crippen molar-refractivity contribution < 1.29 is 28.8 Å². The third kappa shape index (κ3) is 15.2. The van der Waals surface area contributed by atoms with E-state index in [1.807, 2.05) is 30.3 Å². The predicted molar refractivity (Wildman–Crippen MR) is 67.3 cm³/mol. The maximum Gasteiger partial charge on any atom is 1.00 e. The molecule has 17 heavy (non-hydrogen) atoms. The van der Waals surface area contributed by atoms with Gasteiger partial charge in [-0.15, -0.1) is 12.1 Å². The number of carboxylic acids is 1. The van der Waals surface area contributed by atoms with Crippen molar-refractivity contribution in [3.63, 3.8) is 0 Å². The number of rotatable bonds is 5. The van der Waals surface area contributed by atoms with Gasteiger partial charge < -0.3 is 5.11 Å². The van der Waals surface area contributed by atoms with Crippen LogP contribution >= 0.6 is 0 Å². The van der Waals surface area contributed by atoms with Crippen LogP contribution in [0.25, 0.3) is 0 Å². The van der Waals surface area contributed by atoms with E-state index >= 15 is 0 Å². The topological polar surface area (TPSA) is 37.3 Å². The van der Waals surface area contributed by atoms with Gasteiger partial charge in [-0.05, 0) is 6.42 Å². The van der Waals surface area contributed by atoms with Gasteiger partial charge in [-0.25, -0.2) is 0 Å². The number of hydrogen-bond donors (Lipinski definition) is 1. The van der Waals surface area contributed by atoms with Crippen LogP contribution in [0.3, 0.4) is 0 Å². The first-order valence-corrected chi connectivity index (χ1v) is 5.75. The molecule has 1 rings (SSSR count). The molecule has 0 saturated heterocycles. The Hall–Kier alpha value is -0.843. The fourth-order valence-corrected chi connectivity index (χ4v) is 1.18. The minimum absolute atomic E-state index is 0. The molecule has 0 fully saturated rings. The zero-order chi connectivity index (χ0) is 12.2. The SMILES string of the molecule is CCCCCCC(=O)O.[CH2-]c1ccccc1.[Li+]. The Labute approximate surface area is 117 Å². The summed E-state index contributed by atoms with van der Waals surface area (Å²) in [4.78, 5) is 9.96. The summed E-state index contributed by atoms with van der Waals surface area (Å²) in [5, 5.41) is 8.21. The number of hydrogen-bond acceptors (Lipinski definition) is 1. The zero-order valence-corrected chi connectivity index (χ0v) is 11.0. The van der Waals surface area contributed by atoms with E-state index in [-0.39, 0.29) is 18.9 Å². The first kappa shape index (κ1) is 18.5. The van der Waals surface area contributed by atoms with Crippen molar-refractivity contribution in [1.82, 2.24) is 0 Å². The number of aliphatic carboxylic acids is 1. The molecular formula is C14H21LiO2. The number of benzene rings is 1. The Morgan fingerprint density at radius 3 is 2.12 bits per heavy atom.